The summed E-state index contributed by atoms with van der Waals surface area (Å²) >= 11 is 0. The standard InChI is InChI=1S/C32H30NO.C13H12N.Ir/c1-32(2,25-11-7-4-8-12-25)26-17-18-33-29(21-26)24-14-16-31-28(20-24)27-19-23(13-15-30(27)34-31)22-9-5-3-6-10-22;1-10-3-6-12(7-4-10)13-8-5-11(2)9-14-13;/h4,7-8,11-13,15-22H,3,5-6,9-10H2,1-2H3;3-6,8-9H,1-2H3;/q2*-1;/i;1D3,2D3;. The molecular weight excluding hydrogens is 777 g/mol. The molecule has 1 saturated carbocycles. The van der Waals surface area contributed by atoms with Crippen molar-refractivity contribution in [2.45, 2.75) is 71.0 Å². The smallest absolute Gasteiger partial charge is 0.120 e. The molecule has 249 valence electrons. The van der Waals surface area contributed by atoms with Crippen LogP contribution in [0, 0.1) is 25.8 Å². The Balaban J connectivity index is 0.000000211. The zero-order valence-electron chi connectivity index (χ0n) is 33.7. The second-order valence-electron chi connectivity index (χ2n) is 13.2. The summed E-state index contributed by atoms with van der Waals surface area (Å²) in [7, 11) is 0. The summed E-state index contributed by atoms with van der Waals surface area (Å²) in [6, 6.07) is 39.8. The summed E-state index contributed by atoms with van der Waals surface area (Å²) in [5.74, 6) is 0.677. The molecule has 8 rings (SSSR count). The average molecular weight is 825 g/mol. The zero-order chi connectivity index (χ0) is 38.1. The molecule has 0 unspecified atom stereocenters. The quantitative estimate of drug-likeness (QED) is 0.162. The van der Waals surface area contributed by atoms with E-state index in [1.165, 1.54) is 78.6 Å². The van der Waals surface area contributed by atoms with Crippen molar-refractivity contribution in [1.82, 2.24) is 9.97 Å². The predicted octanol–water partition coefficient (Wildman–Crippen LogP) is 12.0. The van der Waals surface area contributed by atoms with E-state index in [1.807, 2.05) is 12.3 Å². The van der Waals surface area contributed by atoms with Crippen LogP contribution in [0.15, 0.2) is 120 Å². The number of hydrogen-bond acceptors (Lipinski definition) is 3. The first-order chi connectivity index (χ1) is 25.8. The normalized spacial score (nSPS) is 15.8. The molecule has 1 aliphatic rings. The Kier molecular flexibility index (Phi) is 8.42. The van der Waals surface area contributed by atoms with Gasteiger partial charge in [-0.2, -0.15) is 0 Å². The maximum Gasteiger partial charge on any atom is 0.120 e. The monoisotopic (exact) mass is 825 g/mol. The number of aryl methyl sites for hydroxylation is 2. The molecule has 1 aliphatic carbocycles. The van der Waals surface area contributed by atoms with Gasteiger partial charge >= 0.3 is 0 Å². The summed E-state index contributed by atoms with van der Waals surface area (Å²) in [6.45, 7) is 0.198. The number of aromatic nitrogens is 2. The Morgan fingerprint density at radius 3 is 2.20 bits per heavy atom. The maximum absolute atomic E-state index is 7.28. The first-order valence-corrected chi connectivity index (χ1v) is 16.7. The molecule has 0 amide bonds. The number of hydrogen-bond donors (Lipinski definition) is 0. The number of furan rings is 1. The number of rotatable bonds is 5. The molecule has 3 nitrogen and oxygen atoms in total. The van der Waals surface area contributed by atoms with Gasteiger partial charge in [-0.3, -0.25) is 0 Å². The van der Waals surface area contributed by atoms with E-state index in [0.29, 0.717) is 17.2 Å². The van der Waals surface area contributed by atoms with E-state index in [0.717, 1.165) is 27.8 Å². The Morgan fingerprint density at radius 1 is 0.694 bits per heavy atom. The van der Waals surface area contributed by atoms with Gasteiger partial charge in [0, 0.05) is 51.5 Å². The van der Waals surface area contributed by atoms with Crippen molar-refractivity contribution in [2.24, 2.45) is 0 Å². The van der Waals surface area contributed by atoms with Gasteiger partial charge in [-0.15, -0.1) is 59.2 Å². The summed E-state index contributed by atoms with van der Waals surface area (Å²) in [6.07, 6.45) is 9.88. The molecule has 0 bridgehead atoms. The fourth-order valence-electron chi connectivity index (χ4n) is 6.70. The van der Waals surface area contributed by atoms with E-state index in [-0.39, 0.29) is 36.6 Å². The minimum Gasteiger partial charge on any atom is -0.500 e. The van der Waals surface area contributed by atoms with E-state index < -0.39 is 13.7 Å². The van der Waals surface area contributed by atoms with E-state index >= 15 is 0 Å². The third kappa shape index (κ3) is 7.62. The number of fused-ring (bicyclic) bond motifs is 3. The van der Waals surface area contributed by atoms with E-state index in [2.05, 4.69) is 97.7 Å². The Morgan fingerprint density at radius 2 is 1.47 bits per heavy atom. The Hall–Kier alpha value is -4.37. The molecule has 3 aromatic heterocycles. The third-order valence-electron chi connectivity index (χ3n) is 9.61. The van der Waals surface area contributed by atoms with Gasteiger partial charge < -0.3 is 14.4 Å². The van der Waals surface area contributed by atoms with Crippen molar-refractivity contribution in [3.8, 4) is 22.5 Å². The molecule has 49 heavy (non-hydrogen) atoms. The third-order valence-corrected chi connectivity index (χ3v) is 9.61. The number of benzene rings is 4. The summed E-state index contributed by atoms with van der Waals surface area (Å²) in [5, 5.41) is 2.35. The first-order valence-electron chi connectivity index (χ1n) is 19.7. The van der Waals surface area contributed by atoms with Crippen LogP contribution in [0.3, 0.4) is 0 Å². The second-order valence-corrected chi connectivity index (χ2v) is 13.2. The van der Waals surface area contributed by atoms with Gasteiger partial charge in [0.2, 0.25) is 0 Å². The van der Waals surface area contributed by atoms with Gasteiger partial charge in [0.1, 0.15) is 5.58 Å². The summed E-state index contributed by atoms with van der Waals surface area (Å²) in [5.41, 5.74) is 9.22. The average Bonchev–Trinajstić information content (AvgIpc) is 3.56. The first kappa shape index (κ1) is 27.5. The molecule has 1 radical (unpaired) electrons. The van der Waals surface area contributed by atoms with Crippen molar-refractivity contribution >= 4 is 21.9 Å². The van der Waals surface area contributed by atoms with Crippen LogP contribution in [0.5, 0.6) is 0 Å². The second kappa shape index (κ2) is 15.0. The number of nitrogens with zero attached hydrogens (tertiary/aromatic N) is 2. The molecule has 4 aromatic carbocycles. The van der Waals surface area contributed by atoms with Gasteiger partial charge in [-0.1, -0.05) is 99.9 Å². The molecule has 4 heteroatoms. The molecule has 0 N–H and O–H groups in total. The molecule has 0 atom stereocenters. The molecule has 1 fully saturated rings. The van der Waals surface area contributed by atoms with Crippen LogP contribution in [0.2, 0.25) is 0 Å². The van der Waals surface area contributed by atoms with Crippen LogP contribution in [0.1, 0.15) is 87.9 Å². The molecule has 7 aromatic rings. The van der Waals surface area contributed by atoms with Crippen LogP contribution < -0.4 is 0 Å². The van der Waals surface area contributed by atoms with E-state index in [1.54, 1.807) is 12.1 Å². The summed E-state index contributed by atoms with van der Waals surface area (Å²) in [4.78, 5) is 8.79. The Labute approximate surface area is 312 Å². The fourth-order valence-corrected chi connectivity index (χ4v) is 6.70. The van der Waals surface area contributed by atoms with Gasteiger partial charge in [-0.25, -0.2) is 0 Å². The van der Waals surface area contributed by atoms with Crippen LogP contribution in [0.4, 0.5) is 0 Å². The minimum atomic E-state index is -2.18. The fraction of sp³-hybridized carbons (Fsp3) is 0.244. The van der Waals surface area contributed by atoms with Gasteiger partial charge in [0.05, 0.1) is 5.58 Å². The molecule has 0 spiro atoms. The van der Waals surface area contributed by atoms with Crippen molar-refractivity contribution < 1.29 is 32.7 Å². The van der Waals surface area contributed by atoms with Crippen molar-refractivity contribution in [3.05, 3.63) is 155 Å². The van der Waals surface area contributed by atoms with Gasteiger partial charge in [0.15, 0.2) is 0 Å². The van der Waals surface area contributed by atoms with Gasteiger partial charge in [-0.05, 0) is 77.5 Å². The van der Waals surface area contributed by atoms with Crippen LogP contribution >= 0.6 is 0 Å². The summed E-state index contributed by atoms with van der Waals surface area (Å²) < 4.78 is 49.8. The predicted molar refractivity (Wildman–Crippen MR) is 198 cm³/mol. The molecule has 3 heterocycles. The van der Waals surface area contributed by atoms with Crippen LogP contribution in [-0.2, 0) is 25.5 Å². The number of pyridine rings is 2. The zero-order valence-corrected chi connectivity index (χ0v) is 30.1. The van der Waals surface area contributed by atoms with Crippen molar-refractivity contribution in [1.29, 1.82) is 0 Å². The largest absolute Gasteiger partial charge is 0.500 e. The van der Waals surface area contributed by atoms with Crippen LogP contribution in [0.25, 0.3) is 44.5 Å². The topological polar surface area (TPSA) is 38.9 Å². The maximum atomic E-state index is 7.28. The molecule has 0 aliphatic heterocycles. The van der Waals surface area contributed by atoms with Crippen LogP contribution in [-0.4, -0.2) is 9.97 Å². The van der Waals surface area contributed by atoms with E-state index in [4.69, 9.17) is 17.6 Å². The van der Waals surface area contributed by atoms with E-state index in [9.17, 15) is 0 Å². The minimum absolute atomic E-state index is 0. The molecule has 0 saturated heterocycles. The SMILES string of the molecule is CC(C)(c1ccccc1)c1ccnc(-c2[c-]cc3oc4ccc(C5CCCCC5)cc4c3c2)c1.[2H]C([2H])([2H])c1c[c-]c(-c2ccc(C([2H])([2H])[2H])cn2)cc1.[Ir]. The molecular formula is C45H42IrN2O-2. The van der Waals surface area contributed by atoms with Crippen molar-refractivity contribution in [3.63, 3.8) is 0 Å². The Bertz CT molecular complexity index is 2310. The van der Waals surface area contributed by atoms with Crippen molar-refractivity contribution in [2.75, 3.05) is 0 Å². The van der Waals surface area contributed by atoms with Gasteiger partial charge in [0.25, 0.3) is 0 Å².